The Bertz CT molecular complexity index is 378. The molecule has 106 valence electrons. The predicted molar refractivity (Wildman–Crippen MR) is 69.7 cm³/mol. The molecule has 1 heterocycles. The molecule has 0 bridgehead atoms. The van der Waals surface area contributed by atoms with Crippen molar-refractivity contribution in [3.63, 3.8) is 0 Å². The number of carboxylic acid groups (broad SMARTS) is 1. The van der Waals surface area contributed by atoms with E-state index in [4.69, 9.17) is 9.84 Å². The number of nitrogens with one attached hydrogen (secondary N) is 1. The fourth-order valence-corrected chi connectivity index (χ4v) is 2.60. The molecule has 0 spiro atoms. The lowest BCUT2D eigenvalue weighted by atomic mass is 9.97. The molecule has 0 aromatic carbocycles. The van der Waals surface area contributed by atoms with E-state index in [1.807, 2.05) is 0 Å². The molecular formula is C14H21NO4. The van der Waals surface area contributed by atoms with E-state index < -0.39 is 18.2 Å². The molecule has 0 aromatic heterocycles. The molecule has 1 fully saturated rings. The number of allylic oxidation sites excluding steroid dienone is 1. The predicted octanol–water partition coefficient (Wildman–Crippen LogP) is 1.63. The van der Waals surface area contributed by atoms with E-state index in [1.54, 1.807) is 0 Å². The van der Waals surface area contributed by atoms with Crippen LogP contribution in [0.1, 0.15) is 44.9 Å². The first-order chi connectivity index (χ1) is 9.16. The number of rotatable bonds is 5. The lowest BCUT2D eigenvalue weighted by Crippen LogP contribution is -2.36. The van der Waals surface area contributed by atoms with Gasteiger partial charge in [-0.25, -0.2) is 4.79 Å². The zero-order valence-electron chi connectivity index (χ0n) is 11.1. The van der Waals surface area contributed by atoms with Gasteiger partial charge in [-0.05, 0) is 44.9 Å². The van der Waals surface area contributed by atoms with Crippen molar-refractivity contribution < 1.29 is 19.4 Å². The number of hydrogen-bond donors (Lipinski definition) is 2. The van der Waals surface area contributed by atoms with Crippen molar-refractivity contribution >= 4 is 11.9 Å². The molecule has 2 atom stereocenters. The molecule has 5 heteroatoms. The van der Waals surface area contributed by atoms with Crippen LogP contribution < -0.4 is 5.32 Å². The highest BCUT2D eigenvalue weighted by Gasteiger charge is 2.34. The zero-order valence-corrected chi connectivity index (χ0v) is 11.1. The summed E-state index contributed by atoms with van der Waals surface area (Å²) in [6.45, 7) is 0.613. The first-order valence-corrected chi connectivity index (χ1v) is 7.00. The van der Waals surface area contributed by atoms with Gasteiger partial charge in [0.1, 0.15) is 6.10 Å². The summed E-state index contributed by atoms with van der Waals surface area (Å²) in [5, 5.41) is 11.6. The minimum Gasteiger partial charge on any atom is -0.479 e. The second-order valence-corrected chi connectivity index (χ2v) is 5.18. The number of ether oxygens (including phenoxy) is 1. The Labute approximate surface area is 113 Å². The molecule has 2 unspecified atom stereocenters. The number of aliphatic carboxylic acids is 1. The molecule has 0 radical (unpaired) electrons. The third-order valence-corrected chi connectivity index (χ3v) is 3.72. The van der Waals surface area contributed by atoms with Gasteiger partial charge in [-0.15, -0.1) is 0 Å². The highest BCUT2D eigenvalue weighted by molar-refractivity contribution is 5.82. The molecule has 2 N–H and O–H groups in total. The van der Waals surface area contributed by atoms with Crippen LogP contribution in [0.2, 0.25) is 0 Å². The van der Waals surface area contributed by atoms with Crippen LogP contribution in [0, 0.1) is 0 Å². The van der Waals surface area contributed by atoms with Gasteiger partial charge < -0.3 is 15.2 Å². The van der Waals surface area contributed by atoms with Crippen molar-refractivity contribution in [3.05, 3.63) is 11.6 Å². The number of carbonyl (C=O) groups is 2. The molecule has 0 aromatic rings. The summed E-state index contributed by atoms with van der Waals surface area (Å²) in [5.74, 6) is -1.16. The summed E-state index contributed by atoms with van der Waals surface area (Å²) in [7, 11) is 0. The highest BCUT2D eigenvalue weighted by atomic mass is 16.5. The van der Waals surface area contributed by atoms with Crippen molar-refractivity contribution in [2.24, 2.45) is 0 Å². The van der Waals surface area contributed by atoms with E-state index in [0.29, 0.717) is 19.4 Å². The summed E-state index contributed by atoms with van der Waals surface area (Å²) >= 11 is 0. The summed E-state index contributed by atoms with van der Waals surface area (Å²) in [5.41, 5.74) is 1.42. The van der Waals surface area contributed by atoms with Crippen LogP contribution in [-0.2, 0) is 14.3 Å². The van der Waals surface area contributed by atoms with Gasteiger partial charge in [0.2, 0.25) is 5.91 Å². The Morgan fingerprint density at radius 2 is 2.11 bits per heavy atom. The van der Waals surface area contributed by atoms with Crippen molar-refractivity contribution in [2.75, 3.05) is 6.54 Å². The van der Waals surface area contributed by atoms with E-state index in [1.165, 1.54) is 18.4 Å². The van der Waals surface area contributed by atoms with E-state index in [9.17, 15) is 9.59 Å². The first-order valence-electron chi connectivity index (χ1n) is 7.00. The molecule has 2 rings (SSSR count). The van der Waals surface area contributed by atoms with Gasteiger partial charge in [0, 0.05) is 6.54 Å². The maximum atomic E-state index is 11.8. The number of carbonyl (C=O) groups excluding carboxylic acids is 1. The number of hydrogen-bond acceptors (Lipinski definition) is 3. The molecule has 5 nitrogen and oxygen atoms in total. The van der Waals surface area contributed by atoms with Gasteiger partial charge in [-0.1, -0.05) is 11.6 Å². The minimum atomic E-state index is -0.984. The standard InChI is InChI=1S/C14H21NO4/c16-13(11-6-7-12(19-11)14(17)18)15-9-8-10-4-2-1-3-5-10/h4,11-12H,1-3,5-9H2,(H,15,16)(H,17,18). The molecule has 1 aliphatic heterocycles. The summed E-state index contributed by atoms with van der Waals surface area (Å²) < 4.78 is 5.20. The molecule has 1 aliphatic carbocycles. The lowest BCUT2D eigenvalue weighted by Gasteiger charge is -2.14. The van der Waals surface area contributed by atoms with Gasteiger partial charge in [0.15, 0.2) is 6.10 Å². The van der Waals surface area contributed by atoms with E-state index in [-0.39, 0.29) is 5.91 Å². The quantitative estimate of drug-likeness (QED) is 0.742. The van der Waals surface area contributed by atoms with Crippen LogP contribution in [0.3, 0.4) is 0 Å². The molecule has 1 saturated heterocycles. The topological polar surface area (TPSA) is 75.6 Å². The van der Waals surface area contributed by atoms with E-state index >= 15 is 0 Å². The van der Waals surface area contributed by atoms with Gasteiger partial charge in [0.05, 0.1) is 0 Å². The normalized spacial score (nSPS) is 26.8. The maximum Gasteiger partial charge on any atom is 0.332 e. The average Bonchev–Trinajstić information content (AvgIpc) is 2.89. The van der Waals surface area contributed by atoms with Crippen LogP contribution in [0.25, 0.3) is 0 Å². The van der Waals surface area contributed by atoms with Crippen molar-refractivity contribution in [2.45, 2.75) is 57.2 Å². The zero-order chi connectivity index (χ0) is 13.7. The van der Waals surface area contributed by atoms with Gasteiger partial charge in [-0.3, -0.25) is 4.79 Å². The van der Waals surface area contributed by atoms with Crippen LogP contribution in [0.4, 0.5) is 0 Å². The second kappa shape index (κ2) is 6.70. The molecule has 0 saturated carbocycles. The molecule has 1 amide bonds. The summed E-state index contributed by atoms with van der Waals surface area (Å²) in [6, 6.07) is 0. The van der Waals surface area contributed by atoms with Gasteiger partial charge in [-0.2, -0.15) is 0 Å². The summed E-state index contributed by atoms with van der Waals surface area (Å²) in [4.78, 5) is 22.5. The smallest absolute Gasteiger partial charge is 0.332 e. The number of amides is 1. The van der Waals surface area contributed by atoms with Crippen molar-refractivity contribution in [1.29, 1.82) is 0 Å². The third kappa shape index (κ3) is 4.06. The van der Waals surface area contributed by atoms with Crippen LogP contribution in [0.15, 0.2) is 11.6 Å². The fraction of sp³-hybridized carbons (Fsp3) is 0.714. The largest absolute Gasteiger partial charge is 0.479 e. The SMILES string of the molecule is O=C(O)C1CCC(C(=O)NCCC2=CCCCC2)O1. The Morgan fingerprint density at radius 3 is 2.74 bits per heavy atom. The Hall–Kier alpha value is -1.36. The monoisotopic (exact) mass is 267 g/mol. The van der Waals surface area contributed by atoms with Crippen LogP contribution >= 0.6 is 0 Å². The third-order valence-electron chi connectivity index (χ3n) is 3.72. The van der Waals surface area contributed by atoms with Crippen LogP contribution in [-0.4, -0.2) is 35.7 Å². The Balaban J connectivity index is 1.67. The highest BCUT2D eigenvalue weighted by Crippen LogP contribution is 2.21. The molecule has 19 heavy (non-hydrogen) atoms. The average molecular weight is 267 g/mol. The van der Waals surface area contributed by atoms with Crippen molar-refractivity contribution in [1.82, 2.24) is 5.32 Å². The Morgan fingerprint density at radius 1 is 1.32 bits per heavy atom. The first kappa shape index (κ1) is 14.1. The van der Waals surface area contributed by atoms with Gasteiger partial charge >= 0.3 is 5.97 Å². The fourth-order valence-electron chi connectivity index (χ4n) is 2.60. The van der Waals surface area contributed by atoms with Crippen LogP contribution in [0.5, 0.6) is 0 Å². The van der Waals surface area contributed by atoms with Crippen molar-refractivity contribution in [3.8, 4) is 0 Å². The molecule has 2 aliphatic rings. The maximum absolute atomic E-state index is 11.8. The molecular weight excluding hydrogens is 246 g/mol. The number of carboxylic acids is 1. The van der Waals surface area contributed by atoms with E-state index in [0.717, 1.165) is 19.3 Å². The summed E-state index contributed by atoms with van der Waals surface area (Å²) in [6.07, 6.45) is 7.44. The Kier molecular flexibility index (Phi) is 4.96. The van der Waals surface area contributed by atoms with Gasteiger partial charge in [0.25, 0.3) is 0 Å². The second-order valence-electron chi connectivity index (χ2n) is 5.18. The lowest BCUT2D eigenvalue weighted by molar-refractivity contribution is -0.151. The van der Waals surface area contributed by atoms with E-state index in [2.05, 4.69) is 11.4 Å². The minimum absolute atomic E-state index is 0.180.